The van der Waals surface area contributed by atoms with E-state index in [2.05, 4.69) is 0 Å². The van der Waals surface area contributed by atoms with Gasteiger partial charge in [-0.05, 0) is 68.8 Å². The van der Waals surface area contributed by atoms with Crippen LogP contribution in [-0.2, 0) is 4.79 Å². The monoisotopic (exact) mass is 455 g/mol. The molecule has 162 valence electrons. The summed E-state index contributed by atoms with van der Waals surface area (Å²) in [5, 5.41) is 9.47. The first-order valence-electron chi connectivity index (χ1n) is 10.6. The van der Waals surface area contributed by atoms with Gasteiger partial charge in [-0.2, -0.15) is 0 Å². The first-order chi connectivity index (χ1) is 14.2. The van der Waals surface area contributed by atoms with Gasteiger partial charge in [-0.25, -0.2) is 9.18 Å². The number of nitrogens with zero attached hydrogens (tertiary/aromatic N) is 1. The second kappa shape index (κ2) is 7.27. The van der Waals surface area contributed by atoms with E-state index in [1.54, 1.807) is 0 Å². The molecule has 1 aromatic carbocycles. The molecule has 1 saturated heterocycles. The van der Waals surface area contributed by atoms with Gasteiger partial charge in [0.1, 0.15) is 23.7 Å². The lowest BCUT2D eigenvalue weighted by Crippen LogP contribution is -2.56. The Morgan fingerprint density at radius 1 is 1.20 bits per heavy atom. The van der Waals surface area contributed by atoms with Gasteiger partial charge in [0.05, 0.1) is 10.6 Å². The second-order valence-corrected chi connectivity index (χ2v) is 10.7. The van der Waals surface area contributed by atoms with E-state index in [9.17, 15) is 19.1 Å². The van der Waals surface area contributed by atoms with Crippen LogP contribution in [0.3, 0.4) is 0 Å². The molecular weight excluding hydrogens is 432 g/mol. The maximum Gasteiger partial charge on any atom is 0.326 e. The van der Waals surface area contributed by atoms with Gasteiger partial charge in [-0.3, -0.25) is 4.79 Å². The number of aliphatic carboxylic acids is 1. The molecule has 1 amide bonds. The van der Waals surface area contributed by atoms with Crippen LogP contribution in [0.25, 0.3) is 0 Å². The molecule has 1 aliphatic heterocycles. The predicted octanol–water partition coefficient (Wildman–Crippen LogP) is 4.73. The van der Waals surface area contributed by atoms with Crippen molar-refractivity contribution in [2.75, 3.05) is 6.54 Å². The van der Waals surface area contributed by atoms with Gasteiger partial charge in [0.15, 0.2) is 0 Å². The molecule has 5 aliphatic rings. The molecule has 1 aromatic rings. The fourth-order valence-electron chi connectivity index (χ4n) is 6.42. The average molecular weight is 456 g/mol. The number of hydrogen-bond donors (Lipinski definition) is 1. The Hall–Kier alpha value is -1.53. The van der Waals surface area contributed by atoms with Crippen LogP contribution in [0.15, 0.2) is 12.1 Å². The van der Waals surface area contributed by atoms with Crippen molar-refractivity contribution >= 4 is 35.1 Å². The Morgan fingerprint density at radius 2 is 1.90 bits per heavy atom. The summed E-state index contributed by atoms with van der Waals surface area (Å²) < 4.78 is 21.1. The lowest BCUT2D eigenvalue weighted by molar-refractivity contribution is -0.141. The van der Waals surface area contributed by atoms with E-state index in [4.69, 9.17) is 27.9 Å². The van der Waals surface area contributed by atoms with E-state index in [-0.39, 0.29) is 33.9 Å². The number of hydrogen-bond acceptors (Lipinski definition) is 3. The standard InChI is InChI=1S/C22H24Cl2FNO4/c23-15-6-14(20(27)26-3-1-2-17(26)21(28)29)16(25)7-18(15)30-19-12-4-11-5-13(19)10-22(24,8-11)9-12/h6-7,11-13,17,19H,1-5,8-10H2,(H,28,29)/t11?,12-,13-,17?,19?,22?/m0/s1. The molecule has 8 heteroatoms. The molecule has 4 saturated carbocycles. The topological polar surface area (TPSA) is 66.8 Å². The molecule has 0 spiro atoms. The number of carboxylic acids is 1. The van der Waals surface area contributed by atoms with Crippen molar-refractivity contribution in [1.82, 2.24) is 4.90 Å². The molecule has 5 fully saturated rings. The minimum Gasteiger partial charge on any atom is -0.488 e. The van der Waals surface area contributed by atoms with E-state index < -0.39 is 23.7 Å². The summed E-state index contributed by atoms with van der Waals surface area (Å²) in [4.78, 5) is 25.2. The number of carboxylic acid groups (broad SMARTS) is 1. The lowest BCUT2D eigenvalue weighted by atomic mass is 9.54. The number of benzene rings is 1. The highest BCUT2D eigenvalue weighted by Gasteiger charge is 2.55. The summed E-state index contributed by atoms with van der Waals surface area (Å²) in [6.07, 6.45) is 5.96. The van der Waals surface area contributed by atoms with Gasteiger partial charge < -0.3 is 14.7 Å². The second-order valence-electron chi connectivity index (χ2n) is 9.46. The van der Waals surface area contributed by atoms with Crippen LogP contribution in [0, 0.1) is 23.6 Å². The summed E-state index contributed by atoms with van der Waals surface area (Å²) in [6, 6.07) is 1.51. The number of alkyl halides is 1. The number of ether oxygens (including phenoxy) is 1. The molecule has 1 heterocycles. The molecule has 0 radical (unpaired) electrons. The van der Waals surface area contributed by atoms with Crippen LogP contribution in [0.1, 0.15) is 55.3 Å². The number of halogens is 3. The van der Waals surface area contributed by atoms with Crippen LogP contribution in [-0.4, -0.2) is 45.4 Å². The normalized spacial score (nSPS) is 36.9. The Labute approximate surface area is 184 Å². The van der Waals surface area contributed by atoms with Crippen molar-refractivity contribution in [3.63, 3.8) is 0 Å². The quantitative estimate of drug-likeness (QED) is 0.666. The average Bonchev–Trinajstić information content (AvgIpc) is 3.15. The first-order valence-corrected chi connectivity index (χ1v) is 11.4. The molecular formula is C22H24Cl2FNO4. The van der Waals surface area contributed by atoms with E-state index in [1.165, 1.54) is 17.0 Å². The Balaban J connectivity index is 1.36. The number of rotatable bonds is 4. The minimum absolute atomic E-state index is 0.0400. The number of carbonyl (C=O) groups excluding carboxylic acids is 1. The first kappa shape index (κ1) is 20.4. The van der Waals surface area contributed by atoms with E-state index in [1.807, 2.05) is 0 Å². The Kier molecular flexibility index (Phi) is 4.93. The predicted molar refractivity (Wildman–Crippen MR) is 110 cm³/mol. The van der Waals surface area contributed by atoms with Crippen LogP contribution in [0.2, 0.25) is 5.02 Å². The van der Waals surface area contributed by atoms with Crippen molar-refractivity contribution in [3.8, 4) is 5.75 Å². The Morgan fingerprint density at radius 3 is 2.53 bits per heavy atom. The van der Waals surface area contributed by atoms with E-state index in [0.29, 0.717) is 30.6 Å². The van der Waals surface area contributed by atoms with Gasteiger partial charge in [0.2, 0.25) is 0 Å². The van der Waals surface area contributed by atoms with Crippen LogP contribution < -0.4 is 4.74 Å². The Bertz CT molecular complexity index is 893. The highest BCUT2D eigenvalue weighted by Crippen LogP contribution is 2.59. The molecule has 6 rings (SSSR count). The van der Waals surface area contributed by atoms with Gasteiger partial charge in [-0.1, -0.05) is 11.6 Å². The summed E-state index contributed by atoms with van der Waals surface area (Å²) in [5.74, 6) is -0.896. The molecule has 5 nitrogen and oxygen atoms in total. The summed E-state index contributed by atoms with van der Waals surface area (Å²) in [5.41, 5.74) is -0.217. The van der Waals surface area contributed by atoms with E-state index in [0.717, 1.165) is 32.1 Å². The molecule has 1 N–H and O–H groups in total. The van der Waals surface area contributed by atoms with Crippen molar-refractivity contribution in [3.05, 3.63) is 28.5 Å². The van der Waals surface area contributed by atoms with Gasteiger partial charge in [0, 0.05) is 17.5 Å². The van der Waals surface area contributed by atoms with Gasteiger partial charge >= 0.3 is 5.97 Å². The van der Waals surface area contributed by atoms with Crippen LogP contribution in [0.4, 0.5) is 4.39 Å². The summed E-state index contributed by atoms with van der Waals surface area (Å²) >= 11 is 13.2. The third-order valence-corrected chi connectivity index (χ3v) is 8.18. The SMILES string of the molecule is O=C(O)C1CCCN1C(=O)c1cc(Cl)c(OC2[C@H]3CC4C[C@H]2CC(Cl)(C4)C3)cc1F. The van der Waals surface area contributed by atoms with Crippen molar-refractivity contribution in [2.24, 2.45) is 17.8 Å². The zero-order valence-corrected chi connectivity index (χ0v) is 18.0. The van der Waals surface area contributed by atoms with Crippen LogP contribution >= 0.6 is 23.2 Å². The zero-order chi connectivity index (χ0) is 21.2. The largest absolute Gasteiger partial charge is 0.488 e. The van der Waals surface area contributed by atoms with E-state index >= 15 is 0 Å². The molecule has 4 bridgehead atoms. The summed E-state index contributed by atoms with van der Waals surface area (Å²) in [7, 11) is 0. The maximum absolute atomic E-state index is 14.9. The summed E-state index contributed by atoms with van der Waals surface area (Å²) in [6.45, 7) is 0.290. The number of amides is 1. The highest BCUT2D eigenvalue weighted by atomic mass is 35.5. The highest BCUT2D eigenvalue weighted by molar-refractivity contribution is 6.32. The molecule has 4 aliphatic carbocycles. The molecule has 30 heavy (non-hydrogen) atoms. The molecule has 1 unspecified atom stereocenters. The van der Waals surface area contributed by atoms with Gasteiger partial charge in [0.25, 0.3) is 5.91 Å². The maximum atomic E-state index is 14.9. The minimum atomic E-state index is -1.08. The third-order valence-electron chi connectivity index (χ3n) is 7.43. The molecule has 0 aromatic heterocycles. The number of likely N-dealkylation sites (tertiary alicyclic amines) is 1. The fourth-order valence-corrected chi connectivity index (χ4v) is 7.24. The van der Waals surface area contributed by atoms with Gasteiger partial charge in [-0.15, -0.1) is 11.6 Å². The number of carbonyl (C=O) groups is 2. The molecule has 3 atom stereocenters. The van der Waals surface area contributed by atoms with Crippen molar-refractivity contribution in [2.45, 2.75) is 62.0 Å². The lowest BCUT2D eigenvalue weighted by Gasteiger charge is -2.57. The smallest absolute Gasteiger partial charge is 0.326 e. The zero-order valence-electron chi connectivity index (χ0n) is 16.5. The van der Waals surface area contributed by atoms with Crippen LogP contribution in [0.5, 0.6) is 5.75 Å². The van der Waals surface area contributed by atoms with Crippen molar-refractivity contribution in [1.29, 1.82) is 0 Å². The fraction of sp³-hybridized carbons (Fsp3) is 0.636. The third kappa shape index (κ3) is 3.36. The van der Waals surface area contributed by atoms with Crippen molar-refractivity contribution < 1.29 is 23.8 Å².